The molecule has 3 rings (SSSR count). The molecule has 1 amide bonds. The molecule has 3 heteroatoms. The fraction of sp³-hybridized carbons (Fsp3) is 0.316. The average molecular weight is 313 g/mol. The summed E-state index contributed by atoms with van der Waals surface area (Å²) in [6.07, 6.45) is 0.971. The van der Waals surface area contributed by atoms with Crippen LogP contribution in [-0.4, -0.2) is 17.9 Å². The van der Waals surface area contributed by atoms with Crippen molar-refractivity contribution in [2.75, 3.05) is 6.54 Å². The van der Waals surface area contributed by atoms with Gasteiger partial charge in [-0.05, 0) is 30.2 Å². The molecule has 2 atom stereocenters. The van der Waals surface area contributed by atoms with Crippen molar-refractivity contribution in [1.82, 2.24) is 4.90 Å². The largest absolute Gasteiger partial charge is 0.337 e. The van der Waals surface area contributed by atoms with Gasteiger partial charge in [-0.2, -0.15) is 0 Å². The Morgan fingerprint density at radius 1 is 1.00 bits per heavy atom. The zero-order valence-corrected chi connectivity index (χ0v) is 14.2. The third-order valence-electron chi connectivity index (χ3n) is 3.82. The lowest BCUT2D eigenvalue weighted by Crippen LogP contribution is -2.34. The van der Waals surface area contributed by atoms with Crippen LogP contribution in [0.1, 0.15) is 43.2 Å². The Balaban J connectivity index is 0.000000847. The molecule has 2 nitrogen and oxygen atoms in total. The summed E-state index contributed by atoms with van der Waals surface area (Å²) in [5.41, 5.74) is 2.62. The molecule has 0 saturated heterocycles. The quantitative estimate of drug-likeness (QED) is 0.737. The lowest BCUT2D eigenvalue weighted by atomic mass is 9.94. The van der Waals surface area contributed by atoms with E-state index in [2.05, 4.69) is 49.4 Å². The van der Waals surface area contributed by atoms with Crippen LogP contribution in [0, 0.1) is 0 Å². The van der Waals surface area contributed by atoms with Crippen LogP contribution in [0.5, 0.6) is 0 Å². The molecule has 0 aliphatic carbocycles. The minimum absolute atomic E-state index is 0.163. The third-order valence-corrected chi connectivity index (χ3v) is 5.06. The Morgan fingerprint density at radius 2 is 1.59 bits per heavy atom. The fourth-order valence-electron chi connectivity index (χ4n) is 2.71. The van der Waals surface area contributed by atoms with Crippen LogP contribution >= 0.6 is 11.8 Å². The first kappa shape index (κ1) is 16.6. The molecule has 0 aromatic heterocycles. The zero-order chi connectivity index (χ0) is 15.9. The Bertz CT molecular complexity index is 599. The predicted molar refractivity (Wildman–Crippen MR) is 94.0 cm³/mol. The van der Waals surface area contributed by atoms with E-state index in [-0.39, 0.29) is 6.04 Å². The number of carbonyl (C=O) groups is 1. The van der Waals surface area contributed by atoms with Crippen LogP contribution in [0.2, 0.25) is 0 Å². The van der Waals surface area contributed by atoms with Gasteiger partial charge in [-0.15, -0.1) is 11.8 Å². The number of benzene rings is 2. The number of hydrogen-bond acceptors (Lipinski definition) is 2. The summed E-state index contributed by atoms with van der Waals surface area (Å²) in [5.74, 6) is 0. The summed E-state index contributed by atoms with van der Waals surface area (Å²) >= 11 is 1.83. The summed E-state index contributed by atoms with van der Waals surface area (Å²) in [7, 11) is 0. The molecule has 0 saturated carbocycles. The molecule has 0 radical (unpaired) electrons. The van der Waals surface area contributed by atoms with E-state index in [1.165, 1.54) is 16.0 Å². The van der Waals surface area contributed by atoms with Gasteiger partial charge in [0.25, 0.3) is 0 Å². The number of hydrogen-bond donors (Lipinski definition) is 0. The third kappa shape index (κ3) is 3.53. The van der Waals surface area contributed by atoms with Crippen molar-refractivity contribution < 1.29 is 4.79 Å². The van der Waals surface area contributed by atoms with E-state index in [1.807, 2.05) is 42.6 Å². The molecule has 0 N–H and O–H groups in total. The van der Waals surface area contributed by atoms with Gasteiger partial charge in [0, 0.05) is 11.4 Å². The summed E-state index contributed by atoms with van der Waals surface area (Å²) in [4.78, 5) is 14.4. The van der Waals surface area contributed by atoms with E-state index in [9.17, 15) is 4.79 Å². The van der Waals surface area contributed by atoms with Crippen molar-refractivity contribution in [2.24, 2.45) is 0 Å². The van der Waals surface area contributed by atoms with Crippen molar-refractivity contribution in [1.29, 1.82) is 0 Å². The minimum Gasteiger partial charge on any atom is -0.337 e. The van der Waals surface area contributed by atoms with E-state index >= 15 is 0 Å². The van der Waals surface area contributed by atoms with Gasteiger partial charge in [0.15, 0.2) is 0 Å². The highest BCUT2D eigenvalue weighted by Gasteiger charge is 2.29. The Labute approximate surface area is 137 Å². The van der Waals surface area contributed by atoms with E-state index in [0.717, 1.165) is 13.0 Å². The minimum atomic E-state index is 0.163. The second kappa shape index (κ2) is 8.04. The zero-order valence-electron chi connectivity index (χ0n) is 13.4. The number of amides is 1. The van der Waals surface area contributed by atoms with Gasteiger partial charge >= 0.3 is 0 Å². The molecule has 116 valence electrons. The molecule has 0 bridgehead atoms. The van der Waals surface area contributed by atoms with Crippen LogP contribution in [-0.2, 0) is 4.79 Å². The van der Waals surface area contributed by atoms with E-state index in [0.29, 0.717) is 5.25 Å². The molecule has 2 aromatic rings. The Hall–Kier alpha value is -1.74. The van der Waals surface area contributed by atoms with Gasteiger partial charge < -0.3 is 4.90 Å². The number of thioether (sulfide) groups is 1. The molecule has 1 aliphatic rings. The number of fused-ring (bicyclic) bond motifs is 1. The van der Waals surface area contributed by atoms with Crippen LogP contribution in [0.4, 0.5) is 0 Å². The van der Waals surface area contributed by atoms with Gasteiger partial charge in [0.1, 0.15) is 0 Å². The maximum atomic E-state index is 11.3. The van der Waals surface area contributed by atoms with Gasteiger partial charge in [0.2, 0.25) is 6.41 Å². The van der Waals surface area contributed by atoms with Crippen LogP contribution in [0.15, 0.2) is 59.5 Å². The summed E-state index contributed by atoms with van der Waals surface area (Å²) in [6.45, 7) is 6.86. The van der Waals surface area contributed by atoms with E-state index in [4.69, 9.17) is 0 Å². The fourth-order valence-corrected chi connectivity index (χ4v) is 3.94. The summed E-state index contributed by atoms with van der Waals surface area (Å²) in [6, 6.07) is 19.0. The lowest BCUT2D eigenvalue weighted by molar-refractivity contribution is -0.120. The number of rotatable bonds is 3. The molecule has 0 fully saturated rings. The van der Waals surface area contributed by atoms with Crippen molar-refractivity contribution in [3.63, 3.8) is 0 Å². The Morgan fingerprint density at radius 3 is 2.23 bits per heavy atom. The smallest absolute Gasteiger partial charge is 0.210 e. The SMILES string of the molecule is CC.C[C@@H]1c2ccccc2C(Sc2ccccc2)CN1C=O. The first-order valence-electron chi connectivity index (χ1n) is 7.81. The van der Waals surface area contributed by atoms with Crippen molar-refractivity contribution >= 4 is 18.2 Å². The van der Waals surface area contributed by atoms with E-state index in [1.54, 1.807) is 0 Å². The normalized spacial score (nSPS) is 19.7. The molecular formula is C19H23NOS. The second-order valence-electron chi connectivity index (χ2n) is 5.03. The van der Waals surface area contributed by atoms with Gasteiger partial charge in [-0.3, -0.25) is 4.79 Å². The molecule has 0 spiro atoms. The highest BCUT2D eigenvalue weighted by Crippen LogP contribution is 2.43. The maximum absolute atomic E-state index is 11.3. The summed E-state index contributed by atoms with van der Waals surface area (Å²) < 4.78 is 0. The second-order valence-corrected chi connectivity index (χ2v) is 6.30. The average Bonchev–Trinajstić information content (AvgIpc) is 2.60. The maximum Gasteiger partial charge on any atom is 0.210 e. The van der Waals surface area contributed by atoms with Gasteiger partial charge in [-0.1, -0.05) is 56.3 Å². The first-order valence-corrected chi connectivity index (χ1v) is 8.69. The van der Waals surface area contributed by atoms with Crippen LogP contribution < -0.4 is 0 Å². The highest BCUT2D eigenvalue weighted by molar-refractivity contribution is 7.99. The standard InChI is InChI=1S/C17H17NOS.C2H6/c1-13-15-9-5-6-10-16(15)17(11-18(13)12-19)20-14-7-3-2-4-8-14;1-2/h2-10,12-13,17H,11H2,1H3;1-2H3/t13-,17?;/m1./s1. The number of carbonyl (C=O) groups excluding carboxylic acids is 1. The molecular weight excluding hydrogens is 290 g/mol. The van der Waals surface area contributed by atoms with Crippen LogP contribution in [0.25, 0.3) is 0 Å². The molecule has 22 heavy (non-hydrogen) atoms. The van der Waals surface area contributed by atoms with Gasteiger partial charge in [-0.25, -0.2) is 0 Å². The topological polar surface area (TPSA) is 20.3 Å². The Kier molecular flexibility index (Phi) is 6.08. The van der Waals surface area contributed by atoms with Crippen LogP contribution in [0.3, 0.4) is 0 Å². The highest BCUT2D eigenvalue weighted by atomic mass is 32.2. The monoisotopic (exact) mass is 313 g/mol. The van der Waals surface area contributed by atoms with Gasteiger partial charge in [0.05, 0.1) is 11.3 Å². The molecule has 2 aromatic carbocycles. The van der Waals surface area contributed by atoms with E-state index < -0.39 is 0 Å². The van der Waals surface area contributed by atoms with Crippen molar-refractivity contribution in [2.45, 2.75) is 37.0 Å². The molecule has 1 aliphatic heterocycles. The lowest BCUT2D eigenvalue weighted by Gasteiger charge is -2.37. The molecule has 1 heterocycles. The van der Waals surface area contributed by atoms with Crippen molar-refractivity contribution in [3.8, 4) is 0 Å². The summed E-state index contributed by atoms with van der Waals surface area (Å²) in [5, 5.41) is 0.301. The first-order chi connectivity index (χ1) is 10.8. The molecule has 1 unspecified atom stereocenters. The predicted octanol–water partition coefficient (Wildman–Crippen LogP) is 5.08. The van der Waals surface area contributed by atoms with Crippen molar-refractivity contribution in [3.05, 3.63) is 65.7 Å². The number of nitrogens with zero attached hydrogens (tertiary/aromatic N) is 1.